The lowest BCUT2D eigenvalue weighted by atomic mass is 9.98. The number of rotatable bonds is 5. The average Bonchev–Trinajstić information content (AvgIpc) is 2.46. The molecule has 108 valence electrons. The van der Waals surface area contributed by atoms with Crippen molar-refractivity contribution < 1.29 is 4.92 Å². The summed E-state index contributed by atoms with van der Waals surface area (Å²) in [7, 11) is 0. The number of nitro groups is 1. The molecule has 0 aliphatic rings. The van der Waals surface area contributed by atoms with Crippen LogP contribution in [0.2, 0.25) is 0 Å². The summed E-state index contributed by atoms with van der Waals surface area (Å²) >= 11 is 0. The minimum Gasteiger partial charge on any atom is -0.326 e. The molecule has 1 N–H and O–H groups in total. The Morgan fingerprint density at radius 2 is 2.10 bits per heavy atom. The molecule has 0 unspecified atom stereocenters. The van der Waals surface area contributed by atoms with E-state index in [1.807, 2.05) is 6.92 Å². The van der Waals surface area contributed by atoms with Gasteiger partial charge in [0.2, 0.25) is 5.56 Å². The number of pyridine rings is 1. The van der Waals surface area contributed by atoms with Crippen molar-refractivity contribution in [1.82, 2.24) is 4.98 Å². The second kappa shape index (κ2) is 6.17. The third-order valence-electron chi connectivity index (χ3n) is 3.33. The summed E-state index contributed by atoms with van der Waals surface area (Å²) < 4.78 is 0. The highest BCUT2D eigenvalue weighted by Gasteiger charge is 2.16. The summed E-state index contributed by atoms with van der Waals surface area (Å²) in [5, 5.41) is 11.1. The minimum atomic E-state index is -0.441. The minimum absolute atomic E-state index is 0.00887. The van der Waals surface area contributed by atoms with Gasteiger partial charge in [-0.2, -0.15) is 0 Å². The molecule has 0 bridgehead atoms. The smallest absolute Gasteiger partial charge is 0.277 e. The van der Waals surface area contributed by atoms with Crippen molar-refractivity contribution in [2.45, 2.75) is 19.3 Å². The third kappa shape index (κ3) is 3.25. The highest BCUT2D eigenvalue weighted by molar-refractivity contribution is 5.73. The van der Waals surface area contributed by atoms with E-state index in [1.165, 1.54) is 12.1 Å². The number of hydrogen-bond donors (Lipinski definition) is 1. The van der Waals surface area contributed by atoms with Crippen molar-refractivity contribution in [1.29, 1.82) is 0 Å². The number of hydrogen-bond acceptors (Lipinski definition) is 3. The van der Waals surface area contributed by atoms with Gasteiger partial charge < -0.3 is 4.98 Å². The first kappa shape index (κ1) is 14.7. The Bertz CT molecular complexity index is 734. The van der Waals surface area contributed by atoms with Crippen molar-refractivity contribution in [3.8, 4) is 11.1 Å². The van der Waals surface area contributed by atoms with Gasteiger partial charge in [0, 0.05) is 17.8 Å². The number of H-pyrrole nitrogens is 1. The quantitative estimate of drug-likeness (QED) is 0.517. The monoisotopic (exact) mass is 284 g/mol. The highest BCUT2D eigenvalue weighted by atomic mass is 16.6. The van der Waals surface area contributed by atoms with E-state index >= 15 is 0 Å². The topological polar surface area (TPSA) is 76.0 Å². The molecule has 1 heterocycles. The molecule has 0 amide bonds. The van der Waals surface area contributed by atoms with Crippen LogP contribution in [-0.4, -0.2) is 9.91 Å². The fraction of sp³-hybridized carbons (Fsp3) is 0.188. The van der Waals surface area contributed by atoms with E-state index in [0.717, 1.165) is 12.1 Å². The van der Waals surface area contributed by atoms with Crippen LogP contribution >= 0.6 is 0 Å². The number of aromatic amines is 1. The normalized spacial score (nSPS) is 11.9. The van der Waals surface area contributed by atoms with Gasteiger partial charge >= 0.3 is 0 Å². The zero-order chi connectivity index (χ0) is 15.4. The van der Waals surface area contributed by atoms with E-state index < -0.39 is 4.92 Å². The van der Waals surface area contributed by atoms with Crippen molar-refractivity contribution in [3.63, 3.8) is 0 Å². The fourth-order valence-corrected chi connectivity index (χ4v) is 2.24. The summed E-state index contributed by atoms with van der Waals surface area (Å²) in [5.41, 5.74) is 1.47. The van der Waals surface area contributed by atoms with Crippen molar-refractivity contribution in [2.24, 2.45) is 0 Å². The van der Waals surface area contributed by atoms with E-state index in [0.29, 0.717) is 11.1 Å². The first-order valence-electron chi connectivity index (χ1n) is 6.62. The molecule has 21 heavy (non-hydrogen) atoms. The number of benzene rings is 1. The Morgan fingerprint density at radius 1 is 1.38 bits per heavy atom. The zero-order valence-corrected chi connectivity index (χ0v) is 11.7. The maximum absolute atomic E-state index is 11.8. The van der Waals surface area contributed by atoms with E-state index in [9.17, 15) is 14.9 Å². The lowest BCUT2D eigenvalue weighted by Gasteiger charge is -2.11. The molecule has 0 aliphatic carbocycles. The number of nitrogens with zero attached hydrogens (tertiary/aromatic N) is 1. The van der Waals surface area contributed by atoms with Crippen LogP contribution in [0.1, 0.15) is 25.0 Å². The molecule has 2 rings (SSSR count). The summed E-state index contributed by atoms with van der Waals surface area (Å²) in [5.74, 6) is 0.0953. The number of nitrogens with one attached hydrogen (secondary N) is 1. The molecule has 0 aliphatic heterocycles. The molecule has 0 fully saturated rings. The standard InChI is InChI=1S/C16H16N2O3/c1-3-6-11(2)14-9-12(10-16(19)17-14)13-7-4-5-8-15(13)18(20)21/h3-5,7-11H,1,6H2,2H3,(H,17,19)/t11-/m0/s1. The Labute approximate surface area is 122 Å². The van der Waals surface area contributed by atoms with Crippen LogP contribution < -0.4 is 5.56 Å². The van der Waals surface area contributed by atoms with Gasteiger partial charge in [0.15, 0.2) is 0 Å². The molecular formula is C16H16N2O3. The van der Waals surface area contributed by atoms with Gasteiger partial charge in [0.05, 0.1) is 10.5 Å². The molecule has 2 aromatic rings. The molecule has 0 spiro atoms. The number of nitro benzene ring substituents is 1. The Balaban J connectivity index is 2.57. The van der Waals surface area contributed by atoms with E-state index in [1.54, 1.807) is 30.3 Å². The van der Waals surface area contributed by atoms with Crippen LogP contribution in [0.5, 0.6) is 0 Å². The Kier molecular flexibility index (Phi) is 4.33. The van der Waals surface area contributed by atoms with Gasteiger partial charge in [-0.15, -0.1) is 6.58 Å². The van der Waals surface area contributed by atoms with Crippen LogP contribution in [0.4, 0.5) is 5.69 Å². The molecule has 0 saturated carbocycles. The number of para-hydroxylation sites is 1. The molecule has 0 radical (unpaired) electrons. The first-order chi connectivity index (χ1) is 10.0. The Morgan fingerprint density at radius 3 is 2.76 bits per heavy atom. The van der Waals surface area contributed by atoms with E-state index in [4.69, 9.17) is 0 Å². The average molecular weight is 284 g/mol. The summed E-state index contributed by atoms with van der Waals surface area (Å²) in [6, 6.07) is 9.58. The van der Waals surface area contributed by atoms with Gasteiger partial charge in [-0.1, -0.05) is 25.1 Å². The van der Waals surface area contributed by atoms with Crippen molar-refractivity contribution >= 4 is 5.69 Å². The molecule has 1 aromatic heterocycles. The largest absolute Gasteiger partial charge is 0.326 e. The first-order valence-corrected chi connectivity index (χ1v) is 6.62. The molecule has 0 saturated heterocycles. The van der Waals surface area contributed by atoms with Crippen LogP contribution in [0.15, 0.2) is 53.8 Å². The molecule has 1 atom stereocenters. The summed E-state index contributed by atoms with van der Waals surface area (Å²) in [4.78, 5) is 25.3. The third-order valence-corrected chi connectivity index (χ3v) is 3.33. The van der Waals surface area contributed by atoms with Gasteiger partial charge in [0.25, 0.3) is 5.69 Å². The Hall–Kier alpha value is -2.69. The summed E-state index contributed by atoms with van der Waals surface area (Å²) in [6.45, 7) is 5.65. The number of allylic oxidation sites excluding steroid dienone is 1. The second-order valence-corrected chi connectivity index (χ2v) is 4.89. The molecule has 5 nitrogen and oxygen atoms in total. The zero-order valence-electron chi connectivity index (χ0n) is 11.7. The van der Waals surface area contributed by atoms with Crippen LogP contribution in [0.3, 0.4) is 0 Å². The van der Waals surface area contributed by atoms with Gasteiger partial charge in [-0.25, -0.2) is 0 Å². The summed E-state index contributed by atoms with van der Waals surface area (Å²) in [6.07, 6.45) is 2.50. The lowest BCUT2D eigenvalue weighted by molar-refractivity contribution is -0.384. The van der Waals surface area contributed by atoms with E-state index in [-0.39, 0.29) is 17.2 Å². The van der Waals surface area contributed by atoms with Crippen LogP contribution in [-0.2, 0) is 0 Å². The predicted octanol–water partition coefficient (Wildman–Crippen LogP) is 3.63. The molecule has 1 aromatic carbocycles. The van der Waals surface area contributed by atoms with Crippen molar-refractivity contribution in [2.75, 3.05) is 0 Å². The molecular weight excluding hydrogens is 268 g/mol. The van der Waals surface area contributed by atoms with Gasteiger partial charge in [0.1, 0.15) is 0 Å². The van der Waals surface area contributed by atoms with Gasteiger partial charge in [-0.05, 0) is 30.0 Å². The molecule has 5 heteroatoms. The van der Waals surface area contributed by atoms with Crippen LogP contribution in [0.25, 0.3) is 11.1 Å². The lowest BCUT2D eigenvalue weighted by Crippen LogP contribution is -2.10. The number of aromatic nitrogens is 1. The van der Waals surface area contributed by atoms with Gasteiger partial charge in [-0.3, -0.25) is 14.9 Å². The second-order valence-electron chi connectivity index (χ2n) is 4.89. The maximum atomic E-state index is 11.8. The van der Waals surface area contributed by atoms with Crippen LogP contribution in [0, 0.1) is 10.1 Å². The fourth-order valence-electron chi connectivity index (χ4n) is 2.24. The van der Waals surface area contributed by atoms with Crippen molar-refractivity contribution in [3.05, 3.63) is 75.2 Å². The maximum Gasteiger partial charge on any atom is 0.277 e. The predicted molar refractivity (Wildman–Crippen MR) is 82.4 cm³/mol. The van der Waals surface area contributed by atoms with E-state index in [2.05, 4.69) is 11.6 Å². The highest BCUT2D eigenvalue weighted by Crippen LogP contribution is 2.30. The SMILES string of the molecule is C=CC[C@H](C)c1cc(-c2ccccc2[N+](=O)[O-])cc(=O)[nH]1.